The van der Waals surface area contributed by atoms with E-state index in [2.05, 4.69) is 126 Å². The van der Waals surface area contributed by atoms with Crippen LogP contribution in [0.5, 0.6) is 0 Å². The van der Waals surface area contributed by atoms with Crippen LogP contribution < -0.4 is 0 Å². The van der Waals surface area contributed by atoms with E-state index in [-0.39, 0.29) is 0 Å². The molecule has 0 spiro atoms. The summed E-state index contributed by atoms with van der Waals surface area (Å²) < 4.78 is 0. The van der Waals surface area contributed by atoms with Gasteiger partial charge in [0, 0.05) is 44.3 Å². The van der Waals surface area contributed by atoms with E-state index in [0.717, 1.165) is 60.6 Å². The minimum atomic E-state index is 0.920. The van der Waals surface area contributed by atoms with Gasteiger partial charge in [-0.15, -0.1) is 0 Å². The molecule has 3 nitrogen and oxygen atoms in total. The smallest absolute Gasteiger partial charge is 0.0972 e. The molecule has 0 atom stereocenters. The van der Waals surface area contributed by atoms with Crippen LogP contribution in [0.2, 0.25) is 0 Å². The molecule has 0 aliphatic rings. The highest BCUT2D eigenvalue weighted by Crippen LogP contribution is 2.39. The van der Waals surface area contributed by atoms with Crippen molar-refractivity contribution in [1.29, 1.82) is 0 Å². The van der Waals surface area contributed by atoms with Gasteiger partial charge in [-0.05, 0) is 35.4 Å². The molecule has 0 saturated carbocycles. The van der Waals surface area contributed by atoms with Crippen molar-refractivity contribution in [3.63, 3.8) is 0 Å². The molecule has 40 heavy (non-hydrogen) atoms. The van der Waals surface area contributed by atoms with E-state index in [1.54, 1.807) is 0 Å². The average molecular weight is 510 g/mol. The number of hydrogen-bond acceptors (Lipinski definition) is 3. The van der Waals surface area contributed by atoms with Gasteiger partial charge in [0.1, 0.15) is 0 Å². The lowest BCUT2D eigenvalue weighted by Gasteiger charge is -2.15. The standard InChI is InChI=1S/C37H23N3/c1-3-9-24(10-4-1)29-14-7-15-30-34(29)31-23-28(19-21-33(31)40-35(30)25-11-5-2-6-12-25)32-20-18-27-17-16-26-13-8-22-38-36(26)37(27)39-32/h1-23H. The fraction of sp³-hybridized carbons (Fsp3) is 0. The Balaban J connectivity index is 1.43. The zero-order valence-electron chi connectivity index (χ0n) is 21.6. The molecule has 0 N–H and O–H groups in total. The molecule has 0 amide bonds. The normalized spacial score (nSPS) is 11.5. The SMILES string of the molecule is c1ccc(-c2nc3ccc(-c4ccc5ccc6cccnc6c5n4)cc3c3c(-c4ccccc4)cccc23)cc1. The first-order valence-electron chi connectivity index (χ1n) is 13.5. The maximum atomic E-state index is 5.20. The van der Waals surface area contributed by atoms with Crippen molar-refractivity contribution < 1.29 is 0 Å². The highest BCUT2D eigenvalue weighted by atomic mass is 14.8. The maximum absolute atomic E-state index is 5.20. The molecule has 0 fully saturated rings. The van der Waals surface area contributed by atoms with Crippen LogP contribution in [0.15, 0.2) is 140 Å². The molecule has 5 aromatic carbocycles. The van der Waals surface area contributed by atoms with Crippen LogP contribution in [-0.4, -0.2) is 15.0 Å². The van der Waals surface area contributed by atoms with Gasteiger partial charge in [-0.3, -0.25) is 4.98 Å². The summed E-state index contributed by atoms with van der Waals surface area (Å²) in [4.78, 5) is 15.0. The number of benzene rings is 5. The fourth-order valence-electron chi connectivity index (χ4n) is 5.77. The lowest BCUT2D eigenvalue weighted by Crippen LogP contribution is -1.93. The lowest BCUT2D eigenvalue weighted by molar-refractivity contribution is 1.37. The Morgan fingerprint density at radius 1 is 0.450 bits per heavy atom. The van der Waals surface area contributed by atoms with E-state index in [1.807, 2.05) is 18.3 Å². The quantitative estimate of drug-likeness (QED) is 0.223. The summed E-state index contributed by atoms with van der Waals surface area (Å²) >= 11 is 0. The van der Waals surface area contributed by atoms with Gasteiger partial charge in [-0.25, -0.2) is 9.97 Å². The third-order valence-corrected chi connectivity index (χ3v) is 7.68. The molecular weight excluding hydrogens is 486 g/mol. The topological polar surface area (TPSA) is 38.7 Å². The molecule has 8 aromatic rings. The first-order valence-corrected chi connectivity index (χ1v) is 13.5. The number of nitrogens with zero attached hydrogens (tertiary/aromatic N) is 3. The molecule has 3 heterocycles. The Bertz CT molecular complexity index is 2200. The first kappa shape index (κ1) is 22.6. The van der Waals surface area contributed by atoms with Gasteiger partial charge in [0.25, 0.3) is 0 Å². The largest absolute Gasteiger partial charge is 0.254 e. The Morgan fingerprint density at radius 3 is 2.02 bits per heavy atom. The molecule has 0 aliphatic carbocycles. The van der Waals surface area contributed by atoms with Gasteiger partial charge in [-0.1, -0.05) is 109 Å². The molecule has 186 valence electrons. The minimum Gasteiger partial charge on any atom is -0.254 e. The van der Waals surface area contributed by atoms with Crippen LogP contribution in [0.1, 0.15) is 0 Å². The molecule has 3 heteroatoms. The number of hydrogen-bond donors (Lipinski definition) is 0. The van der Waals surface area contributed by atoms with E-state index in [4.69, 9.17) is 9.97 Å². The van der Waals surface area contributed by atoms with Crippen molar-refractivity contribution in [3.8, 4) is 33.6 Å². The van der Waals surface area contributed by atoms with Crippen molar-refractivity contribution >= 4 is 43.5 Å². The van der Waals surface area contributed by atoms with Crippen LogP contribution in [0, 0.1) is 0 Å². The molecule has 0 radical (unpaired) electrons. The summed E-state index contributed by atoms with van der Waals surface area (Å²) in [5.41, 5.74) is 9.27. The van der Waals surface area contributed by atoms with Crippen LogP contribution in [0.25, 0.3) is 77.1 Å². The number of pyridine rings is 3. The molecule has 8 rings (SSSR count). The molecule has 0 unspecified atom stereocenters. The van der Waals surface area contributed by atoms with Crippen LogP contribution >= 0.6 is 0 Å². The summed E-state index contributed by atoms with van der Waals surface area (Å²) in [7, 11) is 0. The highest BCUT2D eigenvalue weighted by Gasteiger charge is 2.16. The molecule has 3 aromatic heterocycles. The Hall–Kier alpha value is -5.41. The average Bonchev–Trinajstić information content (AvgIpc) is 3.04. The number of fused-ring (bicyclic) bond motifs is 6. The molecule has 0 aliphatic heterocycles. The summed E-state index contributed by atoms with van der Waals surface area (Å²) in [5.74, 6) is 0. The Kier molecular flexibility index (Phi) is 5.14. The van der Waals surface area contributed by atoms with E-state index in [9.17, 15) is 0 Å². The van der Waals surface area contributed by atoms with Crippen molar-refractivity contribution in [2.24, 2.45) is 0 Å². The van der Waals surface area contributed by atoms with Gasteiger partial charge in [0.05, 0.1) is 27.9 Å². The number of aromatic nitrogens is 3. The van der Waals surface area contributed by atoms with Crippen molar-refractivity contribution in [1.82, 2.24) is 15.0 Å². The maximum Gasteiger partial charge on any atom is 0.0972 e. The Morgan fingerprint density at radius 2 is 1.20 bits per heavy atom. The van der Waals surface area contributed by atoms with Gasteiger partial charge in [-0.2, -0.15) is 0 Å². The van der Waals surface area contributed by atoms with E-state index in [0.29, 0.717) is 0 Å². The van der Waals surface area contributed by atoms with Crippen molar-refractivity contribution in [2.75, 3.05) is 0 Å². The summed E-state index contributed by atoms with van der Waals surface area (Å²) in [5, 5.41) is 5.63. The number of rotatable bonds is 3. The van der Waals surface area contributed by atoms with Crippen LogP contribution in [-0.2, 0) is 0 Å². The fourth-order valence-corrected chi connectivity index (χ4v) is 5.77. The van der Waals surface area contributed by atoms with E-state index >= 15 is 0 Å². The second-order valence-electron chi connectivity index (χ2n) is 10.1. The summed E-state index contributed by atoms with van der Waals surface area (Å²) in [6.07, 6.45) is 1.83. The third kappa shape index (κ3) is 3.63. The minimum absolute atomic E-state index is 0.920. The molecule has 0 bridgehead atoms. The van der Waals surface area contributed by atoms with Crippen molar-refractivity contribution in [2.45, 2.75) is 0 Å². The second kappa shape index (κ2) is 9.11. The van der Waals surface area contributed by atoms with Gasteiger partial charge < -0.3 is 0 Å². The highest BCUT2D eigenvalue weighted by molar-refractivity contribution is 6.17. The van der Waals surface area contributed by atoms with Gasteiger partial charge >= 0.3 is 0 Å². The van der Waals surface area contributed by atoms with Crippen LogP contribution in [0.3, 0.4) is 0 Å². The zero-order valence-corrected chi connectivity index (χ0v) is 21.6. The summed E-state index contributed by atoms with van der Waals surface area (Å²) in [6, 6.07) is 46.6. The van der Waals surface area contributed by atoms with E-state index in [1.165, 1.54) is 16.5 Å². The second-order valence-corrected chi connectivity index (χ2v) is 10.1. The van der Waals surface area contributed by atoms with Crippen LogP contribution in [0.4, 0.5) is 0 Å². The Labute approximate surface area is 231 Å². The first-order chi connectivity index (χ1) is 19.8. The molecular formula is C37H23N3. The monoisotopic (exact) mass is 509 g/mol. The van der Waals surface area contributed by atoms with E-state index < -0.39 is 0 Å². The molecule has 0 saturated heterocycles. The van der Waals surface area contributed by atoms with Crippen molar-refractivity contribution in [3.05, 3.63) is 140 Å². The zero-order chi connectivity index (χ0) is 26.5. The third-order valence-electron chi connectivity index (χ3n) is 7.68. The van der Waals surface area contributed by atoms with Gasteiger partial charge in [0.2, 0.25) is 0 Å². The van der Waals surface area contributed by atoms with Gasteiger partial charge in [0.15, 0.2) is 0 Å². The predicted molar refractivity (Wildman–Crippen MR) is 166 cm³/mol. The summed E-state index contributed by atoms with van der Waals surface area (Å²) in [6.45, 7) is 0. The lowest BCUT2D eigenvalue weighted by atomic mass is 9.92. The predicted octanol–water partition coefficient (Wildman–Crippen LogP) is 9.49.